The predicted octanol–water partition coefficient (Wildman–Crippen LogP) is 3.48. The molecule has 1 N–H and O–H groups in total. The first-order valence-corrected chi connectivity index (χ1v) is 8.89. The Morgan fingerprint density at radius 3 is 2.26 bits per heavy atom. The molecule has 7 heteroatoms. The number of hydrogen-bond donors (Lipinski definition) is 1. The van der Waals surface area contributed by atoms with E-state index in [9.17, 15) is 18.5 Å². The lowest BCUT2D eigenvalue weighted by Gasteiger charge is -2.16. The number of benzene rings is 2. The molecule has 2 aromatic rings. The maximum Gasteiger partial charge on any atom is 0.288 e. The number of sulfone groups is 1. The van der Waals surface area contributed by atoms with Crippen LogP contribution in [-0.4, -0.2) is 19.6 Å². The fourth-order valence-corrected chi connectivity index (χ4v) is 3.10. The van der Waals surface area contributed by atoms with Gasteiger partial charge in [-0.2, -0.15) is 0 Å². The first kappa shape index (κ1) is 17.0. The summed E-state index contributed by atoms with van der Waals surface area (Å²) in [4.78, 5) is 10.00. The van der Waals surface area contributed by atoms with Gasteiger partial charge in [-0.25, -0.2) is 8.42 Å². The first-order valence-electron chi connectivity index (χ1n) is 7.00. The fraction of sp³-hybridized carbons (Fsp3) is 0.250. The van der Waals surface area contributed by atoms with Crippen molar-refractivity contribution < 1.29 is 13.3 Å². The van der Waals surface area contributed by atoms with Gasteiger partial charge in [-0.1, -0.05) is 29.8 Å². The van der Waals surface area contributed by atoms with Crippen LogP contribution < -0.4 is 5.32 Å². The molecular weight excluding hydrogens is 316 g/mol. The van der Waals surface area contributed by atoms with Gasteiger partial charge in [0.1, 0.15) is 4.90 Å². The Kier molecular flexibility index (Phi) is 4.70. The van der Waals surface area contributed by atoms with Crippen molar-refractivity contribution in [1.29, 1.82) is 0 Å². The third-order valence-electron chi connectivity index (χ3n) is 3.52. The molecule has 0 aliphatic heterocycles. The summed E-state index contributed by atoms with van der Waals surface area (Å²) in [6.45, 7) is 3.93. The molecule has 6 nitrogen and oxygen atoms in total. The number of aryl methyl sites for hydroxylation is 1. The summed E-state index contributed by atoms with van der Waals surface area (Å²) in [5.74, 6) is 0. The van der Waals surface area contributed by atoms with Crippen molar-refractivity contribution >= 4 is 21.2 Å². The minimum absolute atomic E-state index is 0.0653. The highest BCUT2D eigenvalue weighted by Gasteiger charge is 2.22. The highest BCUT2D eigenvalue weighted by atomic mass is 32.2. The Bertz CT molecular complexity index is 830. The maximum absolute atomic E-state index is 11.8. The molecule has 0 aliphatic rings. The van der Waals surface area contributed by atoms with Gasteiger partial charge in [0.15, 0.2) is 9.84 Å². The second-order valence-corrected chi connectivity index (χ2v) is 7.47. The molecular formula is C16H18N2O4S. The van der Waals surface area contributed by atoms with Crippen molar-refractivity contribution in [3.63, 3.8) is 0 Å². The van der Waals surface area contributed by atoms with Crippen LogP contribution in [0.25, 0.3) is 0 Å². The second-order valence-electron chi connectivity index (χ2n) is 5.49. The summed E-state index contributed by atoms with van der Waals surface area (Å²) >= 11 is 0. The maximum atomic E-state index is 11.8. The van der Waals surface area contributed by atoms with E-state index in [1.165, 1.54) is 18.2 Å². The molecule has 0 aliphatic carbocycles. The third kappa shape index (κ3) is 4.07. The molecule has 1 atom stereocenters. The standard InChI is InChI=1S/C16H18N2O4S/c1-11-4-6-13(7-5-11)12(2)17-14-8-9-15(18(19)20)16(10-14)23(3,21)22/h4-10,12,17H,1-3H3. The fourth-order valence-electron chi connectivity index (χ4n) is 2.24. The zero-order chi connectivity index (χ0) is 17.2. The molecule has 0 saturated carbocycles. The second kappa shape index (κ2) is 6.37. The molecule has 0 heterocycles. The number of nitrogens with zero attached hydrogens (tertiary/aromatic N) is 1. The van der Waals surface area contributed by atoms with Crippen LogP contribution in [-0.2, 0) is 9.84 Å². The first-order chi connectivity index (χ1) is 10.7. The SMILES string of the molecule is Cc1ccc(C(C)Nc2ccc([N+](=O)[O-])c(S(C)(=O)=O)c2)cc1. The highest BCUT2D eigenvalue weighted by molar-refractivity contribution is 7.90. The van der Waals surface area contributed by atoms with Crippen LogP contribution in [0.3, 0.4) is 0 Å². The number of anilines is 1. The van der Waals surface area contributed by atoms with E-state index in [4.69, 9.17) is 0 Å². The quantitative estimate of drug-likeness (QED) is 0.668. The van der Waals surface area contributed by atoms with Gasteiger partial charge in [0, 0.05) is 24.1 Å². The molecule has 0 amide bonds. The molecule has 2 aromatic carbocycles. The normalized spacial score (nSPS) is 12.7. The lowest BCUT2D eigenvalue weighted by molar-refractivity contribution is -0.387. The lowest BCUT2D eigenvalue weighted by Crippen LogP contribution is -2.08. The van der Waals surface area contributed by atoms with E-state index in [1.807, 2.05) is 38.1 Å². The lowest BCUT2D eigenvalue weighted by atomic mass is 10.1. The van der Waals surface area contributed by atoms with E-state index in [0.29, 0.717) is 5.69 Å². The molecule has 0 saturated heterocycles. The van der Waals surface area contributed by atoms with Crippen molar-refractivity contribution in [2.45, 2.75) is 24.8 Å². The van der Waals surface area contributed by atoms with Crippen LogP contribution >= 0.6 is 0 Å². The Morgan fingerprint density at radius 1 is 1.13 bits per heavy atom. The smallest absolute Gasteiger partial charge is 0.288 e. The van der Waals surface area contributed by atoms with E-state index in [1.54, 1.807) is 0 Å². The Morgan fingerprint density at radius 2 is 1.74 bits per heavy atom. The molecule has 23 heavy (non-hydrogen) atoms. The average molecular weight is 334 g/mol. The molecule has 0 radical (unpaired) electrons. The number of nitro groups is 1. The minimum atomic E-state index is -3.69. The number of hydrogen-bond acceptors (Lipinski definition) is 5. The van der Waals surface area contributed by atoms with Gasteiger partial charge in [0.05, 0.1) is 4.92 Å². The summed E-state index contributed by atoms with van der Waals surface area (Å²) in [5, 5.41) is 14.1. The van der Waals surface area contributed by atoms with Gasteiger partial charge in [0.25, 0.3) is 5.69 Å². The van der Waals surface area contributed by atoms with Crippen molar-refractivity contribution in [1.82, 2.24) is 0 Å². The molecule has 0 aromatic heterocycles. The van der Waals surface area contributed by atoms with Crippen LogP contribution in [0.5, 0.6) is 0 Å². The zero-order valence-corrected chi connectivity index (χ0v) is 13.9. The van der Waals surface area contributed by atoms with Gasteiger partial charge in [0.2, 0.25) is 0 Å². The molecule has 122 valence electrons. The molecule has 0 bridgehead atoms. The topological polar surface area (TPSA) is 89.3 Å². The summed E-state index contributed by atoms with van der Waals surface area (Å²) < 4.78 is 23.5. The van der Waals surface area contributed by atoms with Crippen molar-refractivity contribution in [2.75, 3.05) is 11.6 Å². The summed E-state index contributed by atoms with van der Waals surface area (Å²) in [5.41, 5.74) is 2.29. The van der Waals surface area contributed by atoms with E-state index < -0.39 is 20.4 Å². The summed E-state index contributed by atoms with van der Waals surface area (Å²) in [7, 11) is -3.69. The number of rotatable bonds is 5. The number of nitro benzene ring substituents is 1. The average Bonchev–Trinajstić information content (AvgIpc) is 2.46. The molecule has 1 unspecified atom stereocenters. The minimum Gasteiger partial charge on any atom is -0.378 e. The van der Waals surface area contributed by atoms with Crippen LogP contribution in [0.15, 0.2) is 47.4 Å². The third-order valence-corrected chi connectivity index (χ3v) is 4.64. The Hall–Kier alpha value is -2.41. The van der Waals surface area contributed by atoms with Gasteiger partial charge < -0.3 is 5.32 Å². The van der Waals surface area contributed by atoms with Crippen LogP contribution in [0, 0.1) is 17.0 Å². The van der Waals surface area contributed by atoms with Crippen molar-refractivity contribution in [3.8, 4) is 0 Å². The van der Waals surface area contributed by atoms with Crippen LogP contribution in [0.4, 0.5) is 11.4 Å². The Balaban J connectivity index is 2.34. The number of nitrogens with one attached hydrogen (secondary N) is 1. The predicted molar refractivity (Wildman–Crippen MR) is 89.4 cm³/mol. The van der Waals surface area contributed by atoms with E-state index in [-0.39, 0.29) is 10.9 Å². The van der Waals surface area contributed by atoms with Crippen molar-refractivity contribution in [2.24, 2.45) is 0 Å². The Labute approximate surface area is 135 Å². The van der Waals surface area contributed by atoms with E-state index >= 15 is 0 Å². The molecule has 0 fully saturated rings. The molecule has 0 spiro atoms. The van der Waals surface area contributed by atoms with Gasteiger partial charge >= 0.3 is 0 Å². The van der Waals surface area contributed by atoms with Gasteiger partial charge in [-0.3, -0.25) is 10.1 Å². The summed E-state index contributed by atoms with van der Waals surface area (Å²) in [6, 6.07) is 11.9. The van der Waals surface area contributed by atoms with E-state index in [2.05, 4.69) is 5.32 Å². The monoisotopic (exact) mass is 334 g/mol. The largest absolute Gasteiger partial charge is 0.378 e. The van der Waals surface area contributed by atoms with Gasteiger partial charge in [-0.15, -0.1) is 0 Å². The van der Waals surface area contributed by atoms with E-state index in [0.717, 1.165) is 17.4 Å². The zero-order valence-electron chi connectivity index (χ0n) is 13.1. The van der Waals surface area contributed by atoms with Crippen LogP contribution in [0.1, 0.15) is 24.1 Å². The summed E-state index contributed by atoms with van der Waals surface area (Å²) in [6.07, 6.45) is 0.961. The highest BCUT2D eigenvalue weighted by Crippen LogP contribution is 2.29. The molecule has 2 rings (SSSR count). The van der Waals surface area contributed by atoms with Crippen LogP contribution in [0.2, 0.25) is 0 Å². The van der Waals surface area contributed by atoms with Crippen molar-refractivity contribution in [3.05, 3.63) is 63.7 Å². The van der Waals surface area contributed by atoms with Gasteiger partial charge in [-0.05, 0) is 31.5 Å².